The second-order valence-electron chi connectivity index (χ2n) is 16.4. The van der Waals surface area contributed by atoms with Crippen LogP contribution < -0.4 is 4.90 Å². The minimum absolute atomic E-state index is 0.524. The molecule has 0 aliphatic heterocycles. The molecule has 0 amide bonds. The van der Waals surface area contributed by atoms with E-state index in [1.54, 1.807) is 0 Å². The summed E-state index contributed by atoms with van der Waals surface area (Å²) in [5.74, 6) is 0. The van der Waals surface area contributed by atoms with E-state index in [1.807, 2.05) is 11.3 Å². The van der Waals surface area contributed by atoms with E-state index >= 15 is 0 Å². The highest BCUT2D eigenvalue weighted by Crippen LogP contribution is 2.57. The molecule has 0 atom stereocenters. The monoisotopic (exact) mass is 819 g/mol. The molecular formula is C61H41NS. The Morgan fingerprint density at radius 3 is 1.56 bits per heavy atom. The number of fused-ring (bicyclic) bond motifs is 6. The standard InChI is InChI=1S/C61H41NS/c1-5-17-42(18-6-1)45-31-37-58(54(39-45)44-19-7-2-8-20-44)62(49-33-29-43(30-34-49)46-32-38-60-55(40-46)53-26-14-16-28-59(53)63-60)50-35-36-52-51-25-13-15-27-56(51)61(57(52)41-50,47-21-9-3-10-22-47)48-23-11-4-12-24-48/h1-41H. The molecule has 1 heterocycles. The average Bonchev–Trinajstić information content (AvgIpc) is 3.89. The lowest BCUT2D eigenvalue weighted by Gasteiger charge is -2.35. The second kappa shape index (κ2) is 15.3. The van der Waals surface area contributed by atoms with Gasteiger partial charge < -0.3 is 4.90 Å². The molecule has 1 aliphatic carbocycles. The van der Waals surface area contributed by atoms with Crippen molar-refractivity contribution in [1.82, 2.24) is 0 Å². The molecule has 2 heteroatoms. The Kier molecular flexibility index (Phi) is 8.98. The maximum Gasteiger partial charge on any atom is 0.0714 e. The highest BCUT2D eigenvalue weighted by atomic mass is 32.1. The van der Waals surface area contributed by atoms with Crippen molar-refractivity contribution in [3.8, 4) is 44.5 Å². The zero-order chi connectivity index (χ0) is 41.7. The Morgan fingerprint density at radius 2 is 0.825 bits per heavy atom. The number of hydrogen-bond donors (Lipinski definition) is 0. The summed E-state index contributed by atoms with van der Waals surface area (Å²) < 4.78 is 2.64. The van der Waals surface area contributed by atoms with Crippen molar-refractivity contribution in [3.05, 3.63) is 271 Å². The molecule has 1 aliphatic rings. The van der Waals surface area contributed by atoms with Crippen molar-refractivity contribution < 1.29 is 0 Å². The van der Waals surface area contributed by atoms with Crippen molar-refractivity contribution in [2.45, 2.75) is 5.41 Å². The van der Waals surface area contributed by atoms with Gasteiger partial charge in [0.05, 0.1) is 11.1 Å². The number of rotatable bonds is 8. The Labute approximate surface area is 372 Å². The lowest BCUT2D eigenvalue weighted by atomic mass is 9.67. The highest BCUT2D eigenvalue weighted by molar-refractivity contribution is 7.25. The predicted molar refractivity (Wildman–Crippen MR) is 268 cm³/mol. The van der Waals surface area contributed by atoms with Gasteiger partial charge in [0.1, 0.15) is 0 Å². The smallest absolute Gasteiger partial charge is 0.0714 e. The maximum atomic E-state index is 2.47. The van der Waals surface area contributed by atoms with E-state index in [9.17, 15) is 0 Å². The molecule has 11 aromatic rings. The topological polar surface area (TPSA) is 3.24 Å². The molecule has 296 valence electrons. The number of nitrogens with zero attached hydrogens (tertiary/aromatic N) is 1. The van der Waals surface area contributed by atoms with Gasteiger partial charge in [-0.1, -0.05) is 194 Å². The van der Waals surface area contributed by atoms with Crippen LogP contribution in [0.25, 0.3) is 64.7 Å². The van der Waals surface area contributed by atoms with Gasteiger partial charge in [-0.25, -0.2) is 0 Å². The summed E-state index contributed by atoms with van der Waals surface area (Å²) in [5, 5.41) is 2.62. The van der Waals surface area contributed by atoms with E-state index in [0.717, 1.165) is 22.6 Å². The van der Waals surface area contributed by atoms with Crippen LogP contribution in [-0.2, 0) is 5.41 Å². The summed E-state index contributed by atoms with van der Waals surface area (Å²) in [6, 6.07) is 91.6. The van der Waals surface area contributed by atoms with Crippen molar-refractivity contribution >= 4 is 48.6 Å². The van der Waals surface area contributed by atoms with Crippen LogP contribution in [0.15, 0.2) is 249 Å². The molecule has 12 rings (SSSR count). The third kappa shape index (κ3) is 6.14. The van der Waals surface area contributed by atoms with E-state index in [2.05, 4.69) is 254 Å². The van der Waals surface area contributed by atoms with Crippen molar-refractivity contribution in [2.24, 2.45) is 0 Å². The van der Waals surface area contributed by atoms with E-state index < -0.39 is 5.41 Å². The van der Waals surface area contributed by atoms with E-state index in [4.69, 9.17) is 0 Å². The van der Waals surface area contributed by atoms with Crippen molar-refractivity contribution in [3.63, 3.8) is 0 Å². The largest absolute Gasteiger partial charge is 0.310 e. The average molecular weight is 820 g/mol. The first-order valence-corrected chi connectivity index (χ1v) is 22.5. The van der Waals surface area contributed by atoms with Gasteiger partial charge in [0.25, 0.3) is 0 Å². The van der Waals surface area contributed by atoms with Crippen molar-refractivity contribution in [1.29, 1.82) is 0 Å². The first kappa shape index (κ1) is 37.0. The fourth-order valence-electron chi connectivity index (χ4n) is 10.1. The van der Waals surface area contributed by atoms with Gasteiger partial charge in [-0.05, 0) is 116 Å². The van der Waals surface area contributed by atoms with Crippen molar-refractivity contribution in [2.75, 3.05) is 4.90 Å². The molecule has 0 saturated carbocycles. The molecular weight excluding hydrogens is 779 g/mol. The Bertz CT molecular complexity index is 3390. The molecule has 0 fully saturated rings. The van der Waals surface area contributed by atoms with E-state index in [1.165, 1.54) is 81.4 Å². The van der Waals surface area contributed by atoms with Crippen LogP contribution in [0.5, 0.6) is 0 Å². The van der Waals surface area contributed by atoms with Crippen LogP contribution in [-0.4, -0.2) is 0 Å². The molecule has 0 bridgehead atoms. The van der Waals surface area contributed by atoms with Gasteiger partial charge in [-0.3, -0.25) is 0 Å². The SMILES string of the molecule is c1ccc(-c2ccc(N(c3ccc(-c4ccc5sc6ccccc6c5c4)cc3)c3ccc4c(c3)C(c3ccccc3)(c3ccccc3)c3ccccc3-4)c(-c3ccccc3)c2)cc1. The second-order valence-corrected chi connectivity index (χ2v) is 17.5. The molecule has 0 radical (unpaired) electrons. The molecule has 0 saturated heterocycles. The van der Waals surface area contributed by atoms with Crippen LogP contribution in [0.1, 0.15) is 22.3 Å². The van der Waals surface area contributed by atoms with Gasteiger partial charge in [0.2, 0.25) is 0 Å². The third-order valence-corrected chi connectivity index (χ3v) is 14.1. The predicted octanol–water partition coefficient (Wildman–Crippen LogP) is 16.9. The quantitative estimate of drug-likeness (QED) is 0.148. The molecule has 1 aromatic heterocycles. The Balaban J connectivity index is 1.09. The van der Waals surface area contributed by atoms with Crippen LogP contribution >= 0.6 is 11.3 Å². The lowest BCUT2D eigenvalue weighted by molar-refractivity contribution is 0.768. The summed E-state index contributed by atoms with van der Waals surface area (Å²) in [6.07, 6.45) is 0. The van der Waals surface area contributed by atoms with Crippen LogP contribution in [0.3, 0.4) is 0 Å². The summed E-state index contributed by atoms with van der Waals surface area (Å²) in [4.78, 5) is 2.47. The van der Waals surface area contributed by atoms with Crippen LogP contribution in [0, 0.1) is 0 Å². The summed E-state index contributed by atoms with van der Waals surface area (Å²) in [6.45, 7) is 0. The number of hydrogen-bond acceptors (Lipinski definition) is 2. The first-order chi connectivity index (χ1) is 31.2. The van der Waals surface area contributed by atoms with Gasteiger partial charge in [-0.15, -0.1) is 11.3 Å². The third-order valence-electron chi connectivity index (χ3n) is 13.0. The van der Waals surface area contributed by atoms with E-state index in [0.29, 0.717) is 0 Å². The molecule has 0 spiro atoms. The zero-order valence-corrected chi connectivity index (χ0v) is 35.3. The molecule has 1 nitrogen and oxygen atoms in total. The number of thiophene rings is 1. The van der Waals surface area contributed by atoms with E-state index in [-0.39, 0.29) is 0 Å². The Morgan fingerprint density at radius 1 is 0.302 bits per heavy atom. The molecule has 0 unspecified atom stereocenters. The maximum absolute atomic E-state index is 2.47. The van der Waals surface area contributed by atoms with Gasteiger partial charge in [0.15, 0.2) is 0 Å². The molecule has 63 heavy (non-hydrogen) atoms. The van der Waals surface area contributed by atoms with Gasteiger partial charge in [0, 0.05) is 37.1 Å². The highest BCUT2D eigenvalue weighted by Gasteiger charge is 2.46. The minimum Gasteiger partial charge on any atom is -0.310 e. The van der Waals surface area contributed by atoms with Gasteiger partial charge >= 0.3 is 0 Å². The lowest BCUT2D eigenvalue weighted by Crippen LogP contribution is -2.28. The zero-order valence-electron chi connectivity index (χ0n) is 34.5. The fraction of sp³-hybridized carbons (Fsp3) is 0.0164. The number of anilines is 3. The fourth-order valence-corrected chi connectivity index (χ4v) is 11.2. The summed E-state index contributed by atoms with van der Waals surface area (Å²) in [5.41, 5.74) is 17.5. The first-order valence-electron chi connectivity index (χ1n) is 21.7. The molecule has 0 N–H and O–H groups in total. The Hall–Kier alpha value is -7.78. The minimum atomic E-state index is -0.524. The van der Waals surface area contributed by atoms with Crippen LogP contribution in [0.2, 0.25) is 0 Å². The van der Waals surface area contributed by atoms with Gasteiger partial charge in [-0.2, -0.15) is 0 Å². The summed E-state index contributed by atoms with van der Waals surface area (Å²) in [7, 11) is 0. The molecule has 10 aromatic carbocycles. The normalized spacial score (nSPS) is 12.6. The number of benzene rings is 10. The van der Waals surface area contributed by atoms with Crippen LogP contribution in [0.4, 0.5) is 17.1 Å². The summed E-state index contributed by atoms with van der Waals surface area (Å²) >= 11 is 1.86.